The Balaban J connectivity index is 1.73. The normalized spacial score (nSPS) is 10.9. The van der Waals surface area contributed by atoms with Gasteiger partial charge in [-0.05, 0) is 6.42 Å². The molecule has 0 aliphatic rings. The maximum Gasteiger partial charge on any atom is 0.277 e. The topological polar surface area (TPSA) is 54.0 Å². The van der Waals surface area contributed by atoms with Gasteiger partial charge < -0.3 is 0 Å². The number of hydrogen-bond acceptors (Lipinski definition) is 4. The molecule has 0 aliphatic heterocycles. The van der Waals surface area contributed by atoms with Gasteiger partial charge >= 0.3 is 0 Å². The molecule has 25 heavy (non-hydrogen) atoms. The van der Waals surface area contributed by atoms with E-state index in [-0.39, 0.29) is 5.91 Å². The van der Waals surface area contributed by atoms with Gasteiger partial charge in [0.15, 0.2) is 0 Å². The van der Waals surface area contributed by atoms with Crippen LogP contribution in [0.25, 0.3) is 0 Å². The van der Waals surface area contributed by atoms with Gasteiger partial charge in [0.1, 0.15) is 4.88 Å². The van der Waals surface area contributed by atoms with Gasteiger partial charge in [0.25, 0.3) is 5.91 Å². The Morgan fingerprint density at radius 1 is 0.880 bits per heavy atom. The first-order valence-corrected chi connectivity index (χ1v) is 11.1. The van der Waals surface area contributed by atoms with Crippen molar-refractivity contribution in [2.24, 2.45) is 0 Å². The molecule has 0 saturated carbocycles. The first-order chi connectivity index (χ1) is 12.3. The number of amides is 1. The van der Waals surface area contributed by atoms with Gasteiger partial charge in [0.05, 0.1) is 11.7 Å². The number of hydrazine groups is 1. The van der Waals surface area contributed by atoms with Crippen LogP contribution >= 0.6 is 11.3 Å². The van der Waals surface area contributed by atoms with Crippen molar-refractivity contribution in [2.45, 2.75) is 96.8 Å². The number of nitrogens with one attached hydrogen (secondary N) is 2. The zero-order chi connectivity index (χ0) is 18.0. The van der Waals surface area contributed by atoms with Crippen molar-refractivity contribution in [1.82, 2.24) is 15.8 Å². The number of carbonyl (C=O) groups is 1. The highest BCUT2D eigenvalue weighted by Gasteiger charge is 2.05. The van der Waals surface area contributed by atoms with Crippen LogP contribution < -0.4 is 10.9 Å². The van der Waals surface area contributed by atoms with Crippen LogP contribution in [0.15, 0.2) is 11.7 Å². The van der Waals surface area contributed by atoms with Crippen molar-refractivity contribution in [3.8, 4) is 0 Å². The standard InChI is InChI=1S/C20H37N3OS/c1-2-3-4-5-6-7-8-9-10-11-12-13-14-15-16-22-23-20(24)19-17-21-18-25-19/h17-18,22H,2-16H2,1H3,(H,23,24). The molecule has 1 amide bonds. The minimum atomic E-state index is -0.0899. The molecule has 1 rings (SSSR count). The highest BCUT2D eigenvalue weighted by Crippen LogP contribution is 2.12. The second-order valence-electron chi connectivity index (χ2n) is 6.84. The van der Waals surface area contributed by atoms with E-state index in [1.54, 1.807) is 11.7 Å². The second kappa shape index (κ2) is 16.5. The fraction of sp³-hybridized carbons (Fsp3) is 0.800. The summed E-state index contributed by atoms with van der Waals surface area (Å²) in [5.41, 5.74) is 7.38. The molecule has 0 radical (unpaired) electrons. The van der Waals surface area contributed by atoms with Gasteiger partial charge in [-0.25, -0.2) is 5.43 Å². The van der Waals surface area contributed by atoms with Crippen LogP contribution in [0.3, 0.4) is 0 Å². The maximum atomic E-state index is 11.7. The average Bonchev–Trinajstić information content (AvgIpc) is 3.16. The molecule has 0 spiro atoms. The zero-order valence-electron chi connectivity index (χ0n) is 16.0. The number of carbonyl (C=O) groups excluding carboxylic acids is 1. The van der Waals surface area contributed by atoms with E-state index in [9.17, 15) is 4.79 Å². The fourth-order valence-electron chi connectivity index (χ4n) is 2.94. The Kier molecular flexibility index (Phi) is 14.6. The third-order valence-corrected chi connectivity index (χ3v) is 5.29. The molecule has 0 aliphatic carbocycles. The maximum absolute atomic E-state index is 11.7. The molecule has 5 heteroatoms. The summed E-state index contributed by atoms with van der Waals surface area (Å²) < 4.78 is 0. The molecule has 144 valence electrons. The molecule has 1 aromatic rings. The summed E-state index contributed by atoms with van der Waals surface area (Å²) >= 11 is 1.36. The highest BCUT2D eigenvalue weighted by molar-refractivity contribution is 7.11. The van der Waals surface area contributed by atoms with Gasteiger partial charge in [-0.1, -0.05) is 90.4 Å². The van der Waals surface area contributed by atoms with Crippen molar-refractivity contribution in [2.75, 3.05) is 6.54 Å². The Bertz CT molecular complexity index is 409. The summed E-state index contributed by atoms with van der Waals surface area (Å²) in [6, 6.07) is 0. The van der Waals surface area contributed by atoms with Crippen molar-refractivity contribution in [3.05, 3.63) is 16.6 Å². The predicted molar refractivity (Wildman–Crippen MR) is 108 cm³/mol. The number of thiazole rings is 1. The number of rotatable bonds is 17. The van der Waals surface area contributed by atoms with E-state index in [1.807, 2.05) is 0 Å². The van der Waals surface area contributed by atoms with Gasteiger partial charge in [-0.3, -0.25) is 15.2 Å². The predicted octanol–water partition coefficient (Wildman–Crippen LogP) is 5.86. The molecule has 0 saturated heterocycles. The Hall–Kier alpha value is -0.940. The van der Waals surface area contributed by atoms with Crippen molar-refractivity contribution in [3.63, 3.8) is 0 Å². The molecular weight excluding hydrogens is 330 g/mol. The number of nitrogens with zero attached hydrogens (tertiary/aromatic N) is 1. The number of hydrogen-bond donors (Lipinski definition) is 2. The van der Waals surface area contributed by atoms with Crippen molar-refractivity contribution in [1.29, 1.82) is 0 Å². The minimum absolute atomic E-state index is 0.0899. The van der Waals surface area contributed by atoms with Crippen molar-refractivity contribution < 1.29 is 4.79 Å². The Morgan fingerprint density at radius 2 is 1.40 bits per heavy atom. The van der Waals surface area contributed by atoms with Crippen LogP contribution in [-0.2, 0) is 0 Å². The van der Waals surface area contributed by atoms with Gasteiger partial charge in [0, 0.05) is 6.54 Å². The molecule has 0 bridgehead atoms. The monoisotopic (exact) mass is 367 g/mol. The smallest absolute Gasteiger partial charge is 0.277 e. The number of unbranched alkanes of at least 4 members (excludes halogenated alkanes) is 13. The zero-order valence-corrected chi connectivity index (χ0v) is 16.8. The molecular formula is C20H37N3OS. The molecule has 1 aromatic heterocycles. The summed E-state index contributed by atoms with van der Waals surface area (Å²) in [5.74, 6) is -0.0899. The quantitative estimate of drug-likeness (QED) is 0.268. The first-order valence-electron chi connectivity index (χ1n) is 10.3. The summed E-state index contributed by atoms with van der Waals surface area (Å²) in [6.07, 6.45) is 20.7. The van der Waals surface area contributed by atoms with Crippen LogP contribution in [-0.4, -0.2) is 17.4 Å². The Labute approximate surface area is 158 Å². The summed E-state index contributed by atoms with van der Waals surface area (Å²) in [4.78, 5) is 16.2. The first kappa shape index (κ1) is 22.1. The molecule has 0 atom stereocenters. The van der Waals surface area contributed by atoms with Crippen LogP contribution in [0.5, 0.6) is 0 Å². The van der Waals surface area contributed by atoms with Crippen LogP contribution in [0.2, 0.25) is 0 Å². The van der Waals surface area contributed by atoms with E-state index in [0.717, 1.165) is 13.0 Å². The Morgan fingerprint density at radius 3 is 1.88 bits per heavy atom. The van der Waals surface area contributed by atoms with Gasteiger partial charge in [0.2, 0.25) is 0 Å². The van der Waals surface area contributed by atoms with Crippen molar-refractivity contribution >= 4 is 17.2 Å². The van der Waals surface area contributed by atoms with Crippen LogP contribution in [0.4, 0.5) is 0 Å². The lowest BCUT2D eigenvalue weighted by Gasteiger charge is -2.06. The van der Waals surface area contributed by atoms with E-state index < -0.39 is 0 Å². The lowest BCUT2D eigenvalue weighted by atomic mass is 10.0. The lowest BCUT2D eigenvalue weighted by Crippen LogP contribution is -2.37. The fourth-order valence-corrected chi connectivity index (χ4v) is 3.46. The summed E-state index contributed by atoms with van der Waals surface area (Å²) in [5, 5.41) is 0. The molecule has 0 unspecified atom stereocenters. The minimum Gasteiger partial charge on any atom is -0.287 e. The van der Waals surface area contributed by atoms with E-state index >= 15 is 0 Å². The van der Waals surface area contributed by atoms with E-state index in [0.29, 0.717) is 4.88 Å². The number of aromatic nitrogens is 1. The van der Waals surface area contributed by atoms with E-state index in [2.05, 4.69) is 22.8 Å². The largest absolute Gasteiger partial charge is 0.287 e. The highest BCUT2D eigenvalue weighted by atomic mass is 32.1. The van der Waals surface area contributed by atoms with Crippen LogP contribution in [0, 0.1) is 0 Å². The molecule has 0 fully saturated rings. The van der Waals surface area contributed by atoms with Gasteiger partial charge in [-0.15, -0.1) is 11.3 Å². The van der Waals surface area contributed by atoms with E-state index in [1.165, 1.54) is 94.8 Å². The van der Waals surface area contributed by atoms with Gasteiger partial charge in [-0.2, -0.15) is 0 Å². The summed E-state index contributed by atoms with van der Waals surface area (Å²) in [7, 11) is 0. The SMILES string of the molecule is CCCCCCCCCCCCCCCCNNC(=O)c1cncs1. The third-order valence-electron chi connectivity index (χ3n) is 4.51. The average molecular weight is 368 g/mol. The van der Waals surface area contributed by atoms with E-state index in [4.69, 9.17) is 0 Å². The van der Waals surface area contributed by atoms with Crippen LogP contribution in [0.1, 0.15) is 106 Å². The lowest BCUT2D eigenvalue weighted by molar-refractivity contribution is 0.0937. The molecule has 0 aromatic carbocycles. The summed E-state index contributed by atoms with van der Waals surface area (Å²) in [6.45, 7) is 3.11. The molecule has 4 nitrogen and oxygen atoms in total. The molecule has 1 heterocycles. The molecule has 2 N–H and O–H groups in total. The third kappa shape index (κ3) is 13.0. The second-order valence-corrected chi connectivity index (χ2v) is 7.73.